The van der Waals surface area contributed by atoms with Crippen LogP contribution < -0.4 is 14.4 Å². The number of fused-ring (bicyclic) bond motifs is 1. The fourth-order valence-corrected chi connectivity index (χ4v) is 3.93. The van der Waals surface area contributed by atoms with Crippen LogP contribution in [0.3, 0.4) is 0 Å². The van der Waals surface area contributed by atoms with Gasteiger partial charge in [0, 0.05) is 39.2 Å². The van der Waals surface area contributed by atoms with Gasteiger partial charge < -0.3 is 23.7 Å². The van der Waals surface area contributed by atoms with Crippen molar-refractivity contribution in [2.24, 2.45) is 11.8 Å². The van der Waals surface area contributed by atoms with Crippen molar-refractivity contribution in [3.05, 3.63) is 41.1 Å². The highest BCUT2D eigenvalue weighted by Gasteiger charge is 2.24. The molecule has 1 aliphatic heterocycles. The quantitative estimate of drug-likeness (QED) is 0.594. The minimum atomic E-state index is -0.185. The van der Waals surface area contributed by atoms with E-state index in [9.17, 15) is 4.79 Å². The lowest BCUT2D eigenvalue weighted by Crippen LogP contribution is -2.41. The Morgan fingerprint density at radius 1 is 1.17 bits per heavy atom. The molecule has 2 aromatic rings. The van der Waals surface area contributed by atoms with Gasteiger partial charge >= 0.3 is 0 Å². The number of hydrogen-bond donors (Lipinski definition) is 0. The first kappa shape index (κ1) is 22.3. The number of halogens is 1. The van der Waals surface area contributed by atoms with Crippen molar-refractivity contribution >= 4 is 23.4 Å². The zero-order valence-corrected chi connectivity index (χ0v) is 18.9. The molecule has 0 bridgehead atoms. The standard InChI is InChI=1S/C23H31ClN2O4/c1-16(2)13-26(23(27)17(3)14-25(4)21-7-5-8-29-21)15-18-11-19(24)22-20(12-18)28-9-6-10-30-22/h5,7-8,11-12,16-17H,6,9-10,13-15H2,1-4H3. The van der Waals surface area contributed by atoms with Gasteiger partial charge in [0.2, 0.25) is 5.91 Å². The lowest BCUT2D eigenvalue weighted by molar-refractivity contribution is -0.135. The summed E-state index contributed by atoms with van der Waals surface area (Å²) in [5.41, 5.74) is 0.935. The van der Waals surface area contributed by atoms with E-state index < -0.39 is 0 Å². The normalized spacial score (nSPS) is 14.3. The van der Waals surface area contributed by atoms with E-state index in [1.807, 2.05) is 48.0 Å². The molecule has 6 nitrogen and oxygen atoms in total. The highest BCUT2D eigenvalue weighted by atomic mass is 35.5. The SMILES string of the molecule is CC(C)CN(Cc1cc(Cl)c2c(c1)OCCCO2)C(=O)C(C)CN(C)c1ccco1. The van der Waals surface area contributed by atoms with E-state index in [1.54, 1.807) is 6.26 Å². The average Bonchev–Trinajstić information content (AvgIpc) is 3.12. The van der Waals surface area contributed by atoms with E-state index in [-0.39, 0.29) is 11.8 Å². The van der Waals surface area contributed by atoms with Crippen LogP contribution in [0.15, 0.2) is 34.9 Å². The summed E-state index contributed by atoms with van der Waals surface area (Å²) >= 11 is 6.45. The molecule has 2 heterocycles. The third kappa shape index (κ3) is 5.63. The second kappa shape index (κ2) is 10.1. The van der Waals surface area contributed by atoms with Crippen LogP contribution in [0.1, 0.15) is 32.8 Å². The predicted octanol–water partition coefficient (Wildman–Crippen LogP) is 4.85. The topological polar surface area (TPSA) is 55.2 Å². The summed E-state index contributed by atoms with van der Waals surface area (Å²) in [6, 6.07) is 7.54. The summed E-state index contributed by atoms with van der Waals surface area (Å²) in [7, 11) is 1.93. The average molecular weight is 435 g/mol. The molecule has 7 heteroatoms. The van der Waals surface area contributed by atoms with Crippen molar-refractivity contribution in [1.29, 1.82) is 0 Å². The number of nitrogens with zero attached hydrogens (tertiary/aromatic N) is 2. The molecule has 3 rings (SSSR count). The molecule has 1 aromatic heterocycles. The third-order valence-electron chi connectivity index (χ3n) is 4.98. The van der Waals surface area contributed by atoms with Gasteiger partial charge in [-0.1, -0.05) is 32.4 Å². The van der Waals surface area contributed by atoms with Crippen LogP contribution in [0.25, 0.3) is 0 Å². The molecule has 0 saturated heterocycles. The fourth-order valence-electron chi connectivity index (χ4n) is 3.65. The van der Waals surface area contributed by atoms with Gasteiger partial charge in [-0.25, -0.2) is 0 Å². The van der Waals surface area contributed by atoms with Gasteiger partial charge in [-0.2, -0.15) is 0 Å². The van der Waals surface area contributed by atoms with E-state index in [2.05, 4.69) is 13.8 Å². The minimum absolute atomic E-state index is 0.102. The Kier molecular flexibility index (Phi) is 7.53. The Morgan fingerprint density at radius 3 is 2.63 bits per heavy atom. The largest absolute Gasteiger partial charge is 0.489 e. The van der Waals surface area contributed by atoms with Gasteiger partial charge in [0.15, 0.2) is 17.4 Å². The Morgan fingerprint density at radius 2 is 1.93 bits per heavy atom. The molecule has 0 saturated carbocycles. The van der Waals surface area contributed by atoms with Crippen LogP contribution in [-0.4, -0.2) is 44.2 Å². The summed E-state index contributed by atoms with van der Waals surface area (Å²) in [5, 5.41) is 0.520. The maximum atomic E-state index is 13.3. The van der Waals surface area contributed by atoms with Gasteiger partial charge in [-0.05, 0) is 29.7 Å². The van der Waals surface area contributed by atoms with Crippen LogP contribution in [-0.2, 0) is 11.3 Å². The number of carbonyl (C=O) groups is 1. The second-order valence-electron chi connectivity index (χ2n) is 8.30. The monoisotopic (exact) mass is 434 g/mol. The number of rotatable bonds is 8. The number of furan rings is 1. The Balaban J connectivity index is 1.74. The van der Waals surface area contributed by atoms with Crippen LogP contribution >= 0.6 is 11.6 Å². The van der Waals surface area contributed by atoms with E-state index in [0.717, 1.165) is 17.9 Å². The first-order chi connectivity index (χ1) is 14.3. The number of amides is 1. The third-order valence-corrected chi connectivity index (χ3v) is 5.27. The molecular weight excluding hydrogens is 404 g/mol. The van der Waals surface area contributed by atoms with Crippen molar-refractivity contribution < 1.29 is 18.7 Å². The van der Waals surface area contributed by atoms with Gasteiger partial charge in [0.25, 0.3) is 0 Å². The molecule has 30 heavy (non-hydrogen) atoms. The summed E-state index contributed by atoms with van der Waals surface area (Å²) in [6.45, 7) is 9.07. The molecular formula is C23H31ClN2O4. The van der Waals surface area contributed by atoms with E-state index >= 15 is 0 Å². The second-order valence-corrected chi connectivity index (χ2v) is 8.71. The summed E-state index contributed by atoms with van der Waals surface area (Å²) in [6.07, 6.45) is 2.45. The lowest BCUT2D eigenvalue weighted by atomic mass is 10.1. The molecule has 0 aliphatic carbocycles. The van der Waals surface area contributed by atoms with E-state index in [0.29, 0.717) is 55.3 Å². The molecule has 1 unspecified atom stereocenters. The Hall–Kier alpha value is -2.34. The van der Waals surface area contributed by atoms with Gasteiger partial charge in [0.1, 0.15) is 0 Å². The fraction of sp³-hybridized carbons (Fsp3) is 0.522. The molecule has 0 spiro atoms. The molecule has 1 aliphatic rings. The zero-order chi connectivity index (χ0) is 21.7. The minimum Gasteiger partial charge on any atom is -0.489 e. The summed E-state index contributed by atoms with van der Waals surface area (Å²) < 4.78 is 17.0. The molecule has 0 radical (unpaired) electrons. The molecule has 1 aromatic carbocycles. The van der Waals surface area contributed by atoms with Crippen molar-refractivity contribution in [3.8, 4) is 11.5 Å². The highest BCUT2D eigenvalue weighted by Crippen LogP contribution is 2.38. The molecule has 0 fully saturated rings. The van der Waals surface area contributed by atoms with Gasteiger partial charge in [-0.15, -0.1) is 0 Å². The van der Waals surface area contributed by atoms with E-state index in [1.165, 1.54) is 0 Å². The van der Waals surface area contributed by atoms with Crippen molar-refractivity contribution in [3.63, 3.8) is 0 Å². The Bertz CT molecular complexity index is 838. The number of carbonyl (C=O) groups excluding carboxylic acids is 1. The number of hydrogen-bond acceptors (Lipinski definition) is 5. The maximum Gasteiger partial charge on any atom is 0.227 e. The first-order valence-electron chi connectivity index (χ1n) is 10.5. The highest BCUT2D eigenvalue weighted by molar-refractivity contribution is 6.32. The maximum absolute atomic E-state index is 13.3. The number of benzene rings is 1. The molecule has 0 N–H and O–H groups in total. The van der Waals surface area contributed by atoms with Gasteiger partial charge in [-0.3, -0.25) is 4.79 Å². The molecule has 1 amide bonds. The summed E-state index contributed by atoms with van der Waals surface area (Å²) in [5.74, 6) is 2.25. The van der Waals surface area contributed by atoms with Crippen molar-refractivity contribution in [2.75, 3.05) is 38.3 Å². The van der Waals surface area contributed by atoms with Crippen LogP contribution in [0.5, 0.6) is 11.5 Å². The first-order valence-corrected chi connectivity index (χ1v) is 10.8. The number of anilines is 1. The smallest absolute Gasteiger partial charge is 0.227 e. The summed E-state index contributed by atoms with van der Waals surface area (Å²) in [4.78, 5) is 17.2. The lowest BCUT2D eigenvalue weighted by Gasteiger charge is -2.29. The molecule has 164 valence electrons. The van der Waals surface area contributed by atoms with E-state index in [4.69, 9.17) is 25.5 Å². The Labute approximate surface area is 183 Å². The predicted molar refractivity (Wildman–Crippen MR) is 118 cm³/mol. The van der Waals surface area contributed by atoms with Crippen LogP contribution in [0.2, 0.25) is 5.02 Å². The van der Waals surface area contributed by atoms with Crippen molar-refractivity contribution in [1.82, 2.24) is 4.90 Å². The number of ether oxygens (including phenoxy) is 2. The van der Waals surface area contributed by atoms with Crippen molar-refractivity contribution in [2.45, 2.75) is 33.7 Å². The van der Waals surface area contributed by atoms with Gasteiger partial charge in [0.05, 0.1) is 30.4 Å². The molecule has 1 atom stereocenters. The zero-order valence-electron chi connectivity index (χ0n) is 18.2. The van der Waals surface area contributed by atoms with Crippen LogP contribution in [0.4, 0.5) is 5.88 Å². The van der Waals surface area contributed by atoms with Crippen LogP contribution in [0, 0.1) is 11.8 Å².